The molecule has 0 aliphatic rings. The zero-order chi connectivity index (χ0) is 21.9. The zero-order valence-corrected chi connectivity index (χ0v) is 20.0. The predicted molar refractivity (Wildman–Crippen MR) is 126 cm³/mol. The van der Waals surface area contributed by atoms with Gasteiger partial charge in [0, 0.05) is 5.56 Å². The average molecular weight is 440 g/mol. The third-order valence-corrected chi connectivity index (χ3v) is 6.37. The van der Waals surface area contributed by atoms with Crippen molar-refractivity contribution in [3.8, 4) is 5.75 Å². The summed E-state index contributed by atoms with van der Waals surface area (Å²) in [6, 6.07) is 6.75. The topological polar surface area (TPSA) is 66.8 Å². The quantitative estimate of drug-likeness (QED) is 0.159. The summed E-state index contributed by atoms with van der Waals surface area (Å²) in [4.78, 5) is 8.94. The molecule has 2 atom stereocenters. The van der Waals surface area contributed by atoms with Crippen LogP contribution in [0.3, 0.4) is 0 Å². The summed E-state index contributed by atoms with van der Waals surface area (Å²) in [5, 5.41) is 9.55. The van der Waals surface area contributed by atoms with Crippen molar-refractivity contribution in [3.05, 3.63) is 29.8 Å². The van der Waals surface area contributed by atoms with Crippen molar-refractivity contribution >= 4 is 8.03 Å². The third-order valence-electron chi connectivity index (χ3n) is 5.65. The zero-order valence-electron chi connectivity index (χ0n) is 19.1. The normalized spacial score (nSPS) is 12.7. The lowest BCUT2D eigenvalue weighted by Gasteiger charge is -2.07. The van der Waals surface area contributed by atoms with Crippen molar-refractivity contribution in [1.29, 1.82) is 0 Å². The summed E-state index contributed by atoms with van der Waals surface area (Å²) in [5.41, 5.74) is 0.438. The Morgan fingerprint density at radius 1 is 0.733 bits per heavy atom. The second-order valence-electron chi connectivity index (χ2n) is 8.40. The Morgan fingerprint density at radius 2 is 1.13 bits per heavy atom. The number of benzene rings is 1. The molecule has 2 N–H and O–H groups in total. The Bertz CT molecular complexity index is 532. The van der Waals surface area contributed by atoms with Crippen LogP contribution in [0.15, 0.2) is 24.3 Å². The molecule has 0 spiro atoms. The van der Waals surface area contributed by atoms with Gasteiger partial charge in [-0.1, -0.05) is 103 Å². The molecule has 172 valence electrons. The van der Waals surface area contributed by atoms with E-state index in [9.17, 15) is 9.67 Å². The van der Waals surface area contributed by atoms with Crippen LogP contribution in [0.1, 0.15) is 121 Å². The van der Waals surface area contributed by atoms with Gasteiger partial charge in [0.2, 0.25) is 0 Å². The predicted octanol–water partition coefficient (Wildman–Crippen LogP) is 8.05. The van der Waals surface area contributed by atoms with Gasteiger partial charge in [0.15, 0.2) is 0 Å². The first kappa shape index (κ1) is 27.1. The van der Waals surface area contributed by atoms with Crippen molar-refractivity contribution in [3.63, 3.8) is 0 Å². The number of hydrogen-bond donors (Lipinski definition) is 2. The molecule has 0 bridgehead atoms. The molecule has 0 amide bonds. The minimum Gasteiger partial charge on any atom is -0.494 e. The fraction of sp³-hybridized carbons (Fsp3) is 0.760. The molecule has 5 heteroatoms. The maximum absolute atomic E-state index is 10.9. The van der Waals surface area contributed by atoms with Crippen LogP contribution in [-0.2, 0) is 4.57 Å². The first-order valence-corrected chi connectivity index (χ1v) is 13.5. The summed E-state index contributed by atoms with van der Waals surface area (Å²) < 4.78 is 16.6. The SMILES string of the molecule is CCCCCCCCCCCCCCCCCCOc1ccc(C(O)[P+](=O)O)cc1. The van der Waals surface area contributed by atoms with E-state index in [1.807, 2.05) is 0 Å². The molecule has 0 saturated heterocycles. The van der Waals surface area contributed by atoms with E-state index in [0.29, 0.717) is 12.2 Å². The van der Waals surface area contributed by atoms with Crippen molar-refractivity contribution in [2.75, 3.05) is 6.61 Å². The molecule has 0 aliphatic heterocycles. The summed E-state index contributed by atoms with van der Waals surface area (Å²) in [6.07, 6.45) is 21.7. The molecule has 0 saturated carbocycles. The van der Waals surface area contributed by atoms with E-state index in [-0.39, 0.29) is 0 Å². The highest BCUT2D eigenvalue weighted by molar-refractivity contribution is 7.38. The fourth-order valence-corrected chi connectivity index (χ4v) is 4.13. The maximum Gasteiger partial charge on any atom is 0.542 e. The second-order valence-corrected chi connectivity index (χ2v) is 9.49. The Hall–Kier alpha value is -0.960. The molecular formula is C25H44O4P+. The van der Waals surface area contributed by atoms with E-state index >= 15 is 0 Å². The first-order chi connectivity index (χ1) is 14.6. The van der Waals surface area contributed by atoms with Crippen LogP contribution in [0.5, 0.6) is 5.75 Å². The monoisotopic (exact) mass is 439 g/mol. The fourth-order valence-electron chi connectivity index (χ4n) is 3.70. The van der Waals surface area contributed by atoms with Crippen LogP contribution in [0.2, 0.25) is 0 Å². The van der Waals surface area contributed by atoms with Crippen molar-refractivity contribution < 1.29 is 19.3 Å². The van der Waals surface area contributed by atoms with E-state index in [1.54, 1.807) is 24.3 Å². The number of aliphatic hydroxyl groups is 1. The van der Waals surface area contributed by atoms with Gasteiger partial charge in [-0.2, -0.15) is 4.89 Å². The van der Waals surface area contributed by atoms with Crippen molar-refractivity contribution in [2.24, 2.45) is 0 Å². The highest BCUT2D eigenvalue weighted by Crippen LogP contribution is 2.35. The molecule has 2 unspecified atom stereocenters. The number of rotatable bonds is 20. The summed E-state index contributed by atoms with van der Waals surface area (Å²) in [6.45, 7) is 2.96. The van der Waals surface area contributed by atoms with E-state index in [1.165, 1.54) is 96.3 Å². The molecule has 0 heterocycles. The standard InChI is InChI=1S/C25H43O4P/c1-2-3-4-5-6-7-8-9-10-11-12-13-14-15-16-17-22-29-24-20-18-23(19-21-24)25(26)30(27)28/h18-21,25-26H,2-17,22H2,1H3/p+1. The number of aliphatic hydroxyl groups excluding tert-OH is 1. The Kier molecular flexibility index (Phi) is 16.9. The largest absolute Gasteiger partial charge is 0.542 e. The summed E-state index contributed by atoms with van der Waals surface area (Å²) >= 11 is 0. The lowest BCUT2D eigenvalue weighted by Crippen LogP contribution is -1.98. The van der Waals surface area contributed by atoms with Crippen LogP contribution >= 0.6 is 8.03 Å². The van der Waals surface area contributed by atoms with E-state index in [2.05, 4.69) is 6.92 Å². The minimum atomic E-state index is -2.61. The minimum absolute atomic E-state index is 0.438. The lowest BCUT2D eigenvalue weighted by atomic mass is 10.0. The molecule has 1 rings (SSSR count). The third kappa shape index (κ3) is 14.1. The van der Waals surface area contributed by atoms with Gasteiger partial charge < -0.3 is 9.84 Å². The van der Waals surface area contributed by atoms with Gasteiger partial charge in [-0.3, -0.25) is 0 Å². The Labute approximate surface area is 185 Å². The van der Waals surface area contributed by atoms with E-state index in [4.69, 9.17) is 9.63 Å². The van der Waals surface area contributed by atoms with Gasteiger partial charge in [0.1, 0.15) is 5.75 Å². The molecule has 4 nitrogen and oxygen atoms in total. The molecule has 30 heavy (non-hydrogen) atoms. The van der Waals surface area contributed by atoms with Crippen molar-refractivity contribution in [2.45, 2.75) is 116 Å². The Balaban J connectivity index is 1.85. The van der Waals surface area contributed by atoms with Crippen LogP contribution < -0.4 is 4.74 Å². The van der Waals surface area contributed by atoms with Crippen LogP contribution in [0, 0.1) is 0 Å². The molecular weight excluding hydrogens is 395 g/mol. The maximum atomic E-state index is 10.9. The lowest BCUT2D eigenvalue weighted by molar-refractivity contribution is 0.243. The number of ether oxygens (including phenoxy) is 1. The van der Waals surface area contributed by atoms with Gasteiger partial charge in [0.25, 0.3) is 0 Å². The molecule has 1 aromatic carbocycles. The summed E-state index contributed by atoms with van der Waals surface area (Å²) in [7, 11) is -2.61. The average Bonchev–Trinajstić information content (AvgIpc) is 2.75. The second kappa shape index (κ2) is 18.8. The molecule has 1 aromatic rings. The van der Waals surface area contributed by atoms with E-state index < -0.39 is 13.9 Å². The number of hydrogen-bond acceptors (Lipinski definition) is 3. The number of unbranched alkanes of at least 4 members (excludes halogenated alkanes) is 15. The van der Waals surface area contributed by atoms with Gasteiger partial charge >= 0.3 is 13.9 Å². The van der Waals surface area contributed by atoms with Gasteiger partial charge in [-0.05, 0) is 35.3 Å². The smallest absolute Gasteiger partial charge is 0.494 e. The van der Waals surface area contributed by atoms with Crippen LogP contribution in [0.25, 0.3) is 0 Å². The molecule has 0 fully saturated rings. The van der Waals surface area contributed by atoms with Crippen molar-refractivity contribution in [1.82, 2.24) is 0 Å². The van der Waals surface area contributed by atoms with E-state index in [0.717, 1.165) is 12.2 Å². The highest BCUT2D eigenvalue weighted by Gasteiger charge is 2.27. The molecule has 0 aliphatic carbocycles. The van der Waals surface area contributed by atoms with Gasteiger partial charge in [0.05, 0.1) is 6.61 Å². The Morgan fingerprint density at radius 3 is 1.53 bits per heavy atom. The molecule has 0 radical (unpaired) electrons. The highest BCUT2D eigenvalue weighted by atomic mass is 31.1. The first-order valence-electron chi connectivity index (χ1n) is 12.2. The van der Waals surface area contributed by atoms with Crippen LogP contribution in [0.4, 0.5) is 0 Å². The van der Waals surface area contributed by atoms with Gasteiger partial charge in [-0.25, -0.2) is 0 Å². The summed E-state index contributed by atoms with van der Waals surface area (Å²) in [5.74, 6) is -0.588. The van der Waals surface area contributed by atoms with Gasteiger partial charge in [-0.15, -0.1) is 0 Å². The van der Waals surface area contributed by atoms with Crippen LogP contribution in [-0.4, -0.2) is 16.6 Å². The molecule has 0 aromatic heterocycles.